The van der Waals surface area contributed by atoms with Crippen LogP contribution in [0, 0.1) is 0 Å². The molecule has 2 fully saturated rings. The molecule has 2 saturated heterocycles. The zero-order valence-electron chi connectivity index (χ0n) is 12.8. The number of fused-ring (bicyclic) bond motifs is 1. The van der Waals surface area contributed by atoms with Gasteiger partial charge in [0.25, 0.3) is 0 Å². The summed E-state index contributed by atoms with van der Waals surface area (Å²) in [5, 5.41) is 0. The van der Waals surface area contributed by atoms with Crippen LogP contribution in [0.25, 0.3) is 10.2 Å². The van der Waals surface area contributed by atoms with Gasteiger partial charge >= 0.3 is 0 Å². The number of nitrogens with zero attached hydrogens (tertiary/aromatic N) is 4. The van der Waals surface area contributed by atoms with Crippen molar-refractivity contribution in [2.45, 2.75) is 25.4 Å². The van der Waals surface area contributed by atoms with E-state index in [0.717, 1.165) is 44.4 Å². The van der Waals surface area contributed by atoms with Crippen LogP contribution in [-0.2, 0) is 11.3 Å². The summed E-state index contributed by atoms with van der Waals surface area (Å²) in [4.78, 5) is 15.1. The van der Waals surface area contributed by atoms with Crippen molar-refractivity contribution in [2.75, 3.05) is 39.4 Å². The summed E-state index contributed by atoms with van der Waals surface area (Å²) in [5.74, 6) is 0. The zero-order chi connectivity index (χ0) is 14.8. The third-order valence-electron chi connectivity index (χ3n) is 4.74. The Morgan fingerprint density at radius 2 is 2.00 bits per heavy atom. The van der Waals surface area contributed by atoms with Crippen molar-refractivity contribution in [2.24, 2.45) is 0 Å². The van der Waals surface area contributed by atoms with Gasteiger partial charge in [-0.2, -0.15) is 0 Å². The fourth-order valence-electron chi connectivity index (χ4n) is 3.47. The van der Waals surface area contributed by atoms with Crippen molar-refractivity contribution in [3.63, 3.8) is 0 Å². The van der Waals surface area contributed by atoms with Crippen molar-refractivity contribution in [3.8, 4) is 0 Å². The van der Waals surface area contributed by atoms with E-state index in [-0.39, 0.29) is 0 Å². The molecule has 0 spiro atoms. The van der Waals surface area contributed by atoms with Crippen molar-refractivity contribution in [1.82, 2.24) is 19.8 Å². The van der Waals surface area contributed by atoms with Crippen LogP contribution in [0.1, 0.15) is 17.7 Å². The third-order valence-corrected chi connectivity index (χ3v) is 5.78. The lowest BCUT2D eigenvalue weighted by Crippen LogP contribution is -2.51. The van der Waals surface area contributed by atoms with E-state index < -0.39 is 0 Å². The van der Waals surface area contributed by atoms with Gasteiger partial charge in [0.2, 0.25) is 0 Å². The fourth-order valence-corrected chi connectivity index (χ4v) is 4.50. The van der Waals surface area contributed by atoms with Gasteiger partial charge in [0, 0.05) is 63.1 Å². The molecule has 2 aliphatic heterocycles. The minimum absolute atomic E-state index is 0.746. The molecule has 22 heavy (non-hydrogen) atoms. The highest BCUT2D eigenvalue weighted by atomic mass is 32.1. The number of aromatic nitrogens is 2. The van der Waals surface area contributed by atoms with Gasteiger partial charge in [0.1, 0.15) is 6.33 Å². The molecule has 0 aliphatic carbocycles. The van der Waals surface area contributed by atoms with E-state index in [1.165, 1.54) is 35.5 Å². The Morgan fingerprint density at radius 3 is 2.77 bits per heavy atom. The molecule has 0 amide bonds. The Kier molecular flexibility index (Phi) is 4.34. The standard InChI is InChI=1S/C16H22N4OS/c1-7-21-8-2-13(1)20-5-3-19(4-6-20)11-14-9-15-16(22-14)10-17-12-18-15/h9-10,12-13H,1-8,11H2. The summed E-state index contributed by atoms with van der Waals surface area (Å²) in [5.41, 5.74) is 1.08. The molecule has 4 rings (SSSR count). The van der Waals surface area contributed by atoms with Crippen LogP contribution in [0.15, 0.2) is 18.6 Å². The highest BCUT2D eigenvalue weighted by Crippen LogP contribution is 2.25. The van der Waals surface area contributed by atoms with Gasteiger partial charge in [0.15, 0.2) is 0 Å². The lowest BCUT2D eigenvalue weighted by atomic mass is 10.1. The van der Waals surface area contributed by atoms with E-state index in [4.69, 9.17) is 4.74 Å². The second-order valence-corrected chi connectivity index (χ2v) is 7.31. The van der Waals surface area contributed by atoms with Gasteiger partial charge in [-0.05, 0) is 18.9 Å². The van der Waals surface area contributed by atoms with Crippen LogP contribution in [0.2, 0.25) is 0 Å². The smallest absolute Gasteiger partial charge is 0.116 e. The highest BCUT2D eigenvalue weighted by Gasteiger charge is 2.25. The summed E-state index contributed by atoms with van der Waals surface area (Å²) < 4.78 is 6.67. The average Bonchev–Trinajstić information content (AvgIpc) is 2.98. The second kappa shape index (κ2) is 6.58. The van der Waals surface area contributed by atoms with Crippen molar-refractivity contribution < 1.29 is 4.74 Å². The van der Waals surface area contributed by atoms with E-state index >= 15 is 0 Å². The summed E-state index contributed by atoms with van der Waals surface area (Å²) in [7, 11) is 0. The van der Waals surface area contributed by atoms with E-state index in [9.17, 15) is 0 Å². The molecule has 4 heterocycles. The van der Waals surface area contributed by atoms with Crippen molar-refractivity contribution in [3.05, 3.63) is 23.5 Å². The second-order valence-electron chi connectivity index (χ2n) is 6.14. The molecule has 2 aromatic rings. The quantitative estimate of drug-likeness (QED) is 0.866. The maximum absolute atomic E-state index is 5.47. The number of thiophene rings is 1. The first-order chi connectivity index (χ1) is 10.9. The Hall–Kier alpha value is -1.08. The maximum atomic E-state index is 5.47. The molecule has 0 aromatic carbocycles. The number of rotatable bonds is 3. The summed E-state index contributed by atoms with van der Waals surface area (Å²) in [6, 6.07) is 2.96. The molecule has 0 saturated carbocycles. The van der Waals surface area contributed by atoms with Gasteiger partial charge < -0.3 is 4.74 Å². The Labute approximate surface area is 134 Å². The predicted molar refractivity (Wildman–Crippen MR) is 88.1 cm³/mol. The number of piperazine rings is 1. The largest absolute Gasteiger partial charge is 0.381 e. The minimum atomic E-state index is 0.746. The van der Waals surface area contributed by atoms with Crippen LogP contribution in [0.5, 0.6) is 0 Å². The Bertz CT molecular complexity index is 584. The topological polar surface area (TPSA) is 41.5 Å². The SMILES string of the molecule is c1ncc2sc(CN3CCN(C4CCOCC4)CC3)cc2n1. The number of hydrogen-bond acceptors (Lipinski definition) is 6. The first-order valence-electron chi connectivity index (χ1n) is 8.11. The fraction of sp³-hybridized carbons (Fsp3) is 0.625. The van der Waals surface area contributed by atoms with Gasteiger partial charge in [-0.3, -0.25) is 9.80 Å². The Balaban J connectivity index is 1.33. The summed E-state index contributed by atoms with van der Waals surface area (Å²) in [6.45, 7) is 7.63. The molecule has 118 valence electrons. The average molecular weight is 318 g/mol. The van der Waals surface area contributed by atoms with E-state index in [1.54, 1.807) is 6.33 Å². The van der Waals surface area contributed by atoms with E-state index in [0.29, 0.717) is 0 Å². The molecule has 0 bridgehead atoms. The van der Waals surface area contributed by atoms with E-state index in [1.807, 2.05) is 17.5 Å². The van der Waals surface area contributed by atoms with Crippen LogP contribution in [0.4, 0.5) is 0 Å². The number of hydrogen-bond donors (Lipinski definition) is 0. The summed E-state index contributed by atoms with van der Waals surface area (Å²) >= 11 is 1.82. The lowest BCUT2D eigenvalue weighted by molar-refractivity contribution is 0.0127. The molecule has 5 nitrogen and oxygen atoms in total. The molecular formula is C16H22N4OS. The molecule has 2 aliphatic rings. The molecular weight excluding hydrogens is 296 g/mol. The van der Waals surface area contributed by atoms with Crippen molar-refractivity contribution >= 4 is 21.6 Å². The molecule has 2 aromatic heterocycles. The minimum Gasteiger partial charge on any atom is -0.381 e. The molecule has 0 atom stereocenters. The van der Waals surface area contributed by atoms with Gasteiger partial charge in [-0.25, -0.2) is 9.97 Å². The van der Waals surface area contributed by atoms with Crippen LogP contribution in [0.3, 0.4) is 0 Å². The van der Waals surface area contributed by atoms with E-state index in [2.05, 4.69) is 25.8 Å². The normalized spacial score (nSPS) is 22.4. The Morgan fingerprint density at radius 1 is 1.18 bits per heavy atom. The highest BCUT2D eigenvalue weighted by molar-refractivity contribution is 7.18. The van der Waals surface area contributed by atoms with Gasteiger partial charge in [-0.15, -0.1) is 11.3 Å². The first-order valence-corrected chi connectivity index (χ1v) is 8.93. The summed E-state index contributed by atoms with van der Waals surface area (Å²) in [6.07, 6.45) is 5.95. The third kappa shape index (κ3) is 3.15. The molecule has 0 radical (unpaired) electrons. The molecule has 0 unspecified atom stereocenters. The molecule has 0 N–H and O–H groups in total. The number of ether oxygens (including phenoxy) is 1. The predicted octanol–water partition coefficient (Wildman–Crippen LogP) is 1.99. The van der Waals surface area contributed by atoms with Crippen molar-refractivity contribution in [1.29, 1.82) is 0 Å². The maximum Gasteiger partial charge on any atom is 0.116 e. The van der Waals surface area contributed by atoms with Gasteiger partial charge in [0.05, 0.1) is 10.2 Å². The zero-order valence-corrected chi connectivity index (χ0v) is 13.6. The first kappa shape index (κ1) is 14.5. The van der Waals surface area contributed by atoms with Crippen LogP contribution in [-0.4, -0.2) is 65.2 Å². The monoisotopic (exact) mass is 318 g/mol. The van der Waals surface area contributed by atoms with Crippen LogP contribution >= 0.6 is 11.3 Å². The van der Waals surface area contributed by atoms with Crippen LogP contribution < -0.4 is 0 Å². The lowest BCUT2D eigenvalue weighted by Gasteiger charge is -2.40. The van der Waals surface area contributed by atoms with Gasteiger partial charge in [-0.1, -0.05) is 0 Å². The molecule has 6 heteroatoms.